The summed E-state index contributed by atoms with van der Waals surface area (Å²) in [6.07, 6.45) is 6.34. The van der Waals surface area contributed by atoms with E-state index in [9.17, 15) is 9.59 Å². The first-order valence-corrected chi connectivity index (χ1v) is 6.90. The van der Waals surface area contributed by atoms with Gasteiger partial charge in [0.15, 0.2) is 0 Å². The number of carboxylic acids is 1. The van der Waals surface area contributed by atoms with Crippen molar-refractivity contribution in [1.29, 1.82) is 0 Å². The molecule has 0 aromatic heterocycles. The Bertz CT molecular complexity index is 273. The molecule has 1 aliphatic heterocycles. The molecule has 0 aromatic rings. The van der Waals surface area contributed by atoms with Crippen molar-refractivity contribution >= 4 is 12.0 Å². The number of likely N-dealkylation sites (tertiary alicyclic amines) is 1. The molecule has 0 aromatic carbocycles. The number of aliphatic carboxylic acids is 1. The van der Waals surface area contributed by atoms with Crippen LogP contribution in [0.25, 0.3) is 0 Å². The monoisotopic (exact) mass is 256 g/mol. The van der Waals surface area contributed by atoms with Crippen LogP contribution in [0.5, 0.6) is 0 Å². The van der Waals surface area contributed by atoms with E-state index in [0.29, 0.717) is 6.42 Å². The maximum Gasteiger partial charge on any atom is 0.317 e. The number of hydrogen-bond donors (Lipinski definition) is 2. The van der Waals surface area contributed by atoms with Gasteiger partial charge in [-0.3, -0.25) is 4.79 Å². The van der Waals surface area contributed by atoms with Crippen molar-refractivity contribution in [3.05, 3.63) is 0 Å². The lowest BCUT2D eigenvalue weighted by Crippen LogP contribution is -2.46. The fraction of sp³-hybridized carbons (Fsp3) is 0.846. The minimum absolute atomic E-state index is 0.00389. The molecule has 1 rings (SSSR count). The highest BCUT2D eigenvalue weighted by atomic mass is 16.4. The second-order valence-corrected chi connectivity index (χ2v) is 4.91. The van der Waals surface area contributed by atoms with Gasteiger partial charge < -0.3 is 15.3 Å². The highest BCUT2D eigenvalue weighted by molar-refractivity contribution is 5.75. The third-order valence-corrected chi connectivity index (χ3v) is 3.38. The molecule has 2 amide bonds. The lowest BCUT2D eigenvalue weighted by molar-refractivity contribution is -0.137. The standard InChI is InChI=1S/C13H24N2O3/c1-2-11(10-12(16)17)14-13(18)15-8-6-4-3-5-7-9-15/h11H,2-10H2,1H3,(H,14,18)(H,16,17). The summed E-state index contributed by atoms with van der Waals surface area (Å²) in [6.45, 7) is 3.46. The SMILES string of the molecule is CCC(CC(=O)O)NC(=O)N1CCCCCCC1. The van der Waals surface area contributed by atoms with Crippen LogP contribution in [0.1, 0.15) is 51.9 Å². The van der Waals surface area contributed by atoms with E-state index in [1.807, 2.05) is 11.8 Å². The number of hydrogen-bond acceptors (Lipinski definition) is 2. The topological polar surface area (TPSA) is 69.6 Å². The number of rotatable bonds is 4. The highest BCUT2D eigenvalue weighted by Crippen LogP contribution is 2.11. The van der Waals surface area contributed by atoms with E-state index in [2.05, 4.69) is 5.32 Å². The van der Waals surface area contributed by atoms with Crippen LogP contribution in [0, 0.1) is 0 Å². The molecule has 5 nitrogen and oxygen atoms in total. The van der Waals surface area contributed by atoms with E-state index in [1.165, 1.54) is 19.3 Å². The molecule has 1 aliphatic rings. The lowest BCUT2D eigenvalue weighted by atomic mass is 10.1. The van der Waals surface area contributed by atoms with E-state index in [4.69, 9.17) is 5.11 Å². The predicted molar refractivity (Wildman–Crippen MR) is 69.5 cm³/mol. The quantitative estimate of drug-likeness (QED) is 0.810. The normalized spacial score (nSPS) is 18.6. The Labute approximate surface area is 109 Å². The maximum absolute atomic E-state index is 12.0. The number of nitrogens with one attached hydrogen (secondary N) is 1. The Balaban J connectivity index is 2.42. The van der Waals surface area contributed by atoms with Gasteiger partial charge in [-0.05, 0) is 19.3 Å². The highest BCUT2D eigenvalue weighted by Gasteiger charge is 2.19. The van der Waals surface area contributed by atoms with E-state index < -0.39 is 5.97 Å². The molecular weight excluding hydrogens is 232 g/mol. The second kappa shape index (κ2) is 7.95. The largest absolute Gasteiger partial charge is 0.481 e. The van der Waals surface area contributed by atoms with Crippen molar-refractivity contribution in [2.45, 2.75) is 57.9 Å². The number of amides is 2. The van der Waals surface area contributed by atoms with Crippen molar-refractivity contribution < 1.29 is 14.7 Å². The minimum atomic E-state index is -0.866. The fourth-order valence-corrected chi connectivity index (χ4v) is 2.22. The van der Waals surface area contributed by atoms with Crippen LogP contribution in [0.2, 0.25) is 0 Å². The number of carbonyl (C=O) groups is 2. The van der Waals surface area contributed by atoms with Gasteiger partial charge in [-0.2, -0.15) is 0 Å². The van der Waals surface area contributed by atoms with Crippen LogP contribution in [0.15, 0.2) is 0 Å². The summed E-state index contributed by atoms with van der Waals surface area (Å²) >= 11 is 0. The molecule has 0 saturated carbocycles. The molecule has 1 unspecified atom stereocenters. The third kappa shape index (κ3) is 5.38. The van der Waals surface area contributed by atoms with Gasteiger partial charge in [0.05, 0.1) is 6.42 Å². The zero-order valence-electron chi connectivity index (χ0n) is 11.2. The Morgan fingerprint density at radius 2 is 1.72 bits per heavy atom. The van der Waals surface area contributed by atoms with Crippen molar-refractivity contribution in [1.82, 2.24) is 10.2 Å². The molecule has 1 atom stereocenters. The maximum atomic E-state index is 12.0. The Morgan fingerprint density at radius 3 is 2.22 bits per heavy atom. The Morgan fingerprint density at radius 1 is 1.17 bits per heavy atom. The van der Waals surface area contributed by atoms with E-state index in [1.54, 1.807) is 0 Å². The van der Waals surface area contributed by atoms with Gasteiger partial charge in [0.1, 0.15) is 0 Å². The average Bonchev–Trinajstić information content (AvgIpc) is 2.26. The second-order valence-electron chi connectivity index (χ2n) is 4.91. The summed E-state index contributed by atoms with van der Waals surface area (Å²) in [5.74, 6) is -0.866. The van der Waals surface area contributed by atoms with E-state index in [-0.39, 0.29) is 18.5 Å². The summed E-state index contributed by atoms with van der Waals surface area (Å²) in [5.41, 5.74) is 0. The molecule has 0 aliphatic carbocycles. The number of nitrogens with zero attached hydrogens (tertiary/aromatic N) is 1. The Hall–Kier alpha value is -1.26. The molecule has 0 spiro atoms. The van der Waals surface area contributed by atoms with Crippen LogP contribution < -0.4 is 5.32 Å². The summed E-state index contributed by atoms with van der Waals surface area (Å²) in [4.78, 5) is 24.5. The van der Waals surface area contributed by atoms with Gasteiger partial charge in [0.2, 0.25) is 0 Å². The molecule has 0 bridgehead atoms. The van der Waals surface area contributed by atoms with Gasteiger partial charge in [-0.25, -0.2) is 4.79 Å². The van der Waals surface area contributed by atoms with Crippen molar-refractivity contribution in [3.63, 3.8) is 0 Å². The molecular formula is C13H24N2O3. The van der Waals surface area contributed by atoms with Crippen LogP contribution in [-0.4, -0.2) is 41.1 Å². The number of carbonyl (C=O) groups excluding carboxylic acids is 1. The first-order valence-electron chi connectivity index (χ1n) is 6.90. The zero-order chi connectivity index (χ0) is 13.4. The predicted octanol–water partition coefficient (Wildman–Crippen LogP) is 2.22. The summed E-state index contributed by atoms with van der Waals surface area (Å²) in [6, 6.07) is -0.370. The molecule has 2 N–H and O–H groups in total. The van der Waals surface area contributed by atoms with Crippen molar-refractivity contribution in [2.75, 3.05) is 13.1 Å². The van der Waals surface area contributed by atoms with Gasteiger partial charge in [0, 0.05) is 19.1 Å². The van der Waals surface area contributed by atoms with Crippen LogP contribution >= 0.6 is 0 Å². The molecule has 104 valence electrons. The summed E-state index contributed by atoms with van der Waals surface area (Å²) in [7, 11) is 0. The van der Waals surface area contributed by atoms with Gasteiger partial charge in [-0.15, -0.1) is 0 Å². The van der Waals surface area contributed by atoms with Crippen LogP contribution in [0.3, 0.4) is 0 Å². The number of carboxylic acid groups (broad SMARTS) is 1. The molecule has 1 heterocycles. The lowest BCUT2D eigenvalue weighted by Gasteiger charge is -2.27. The molecule has 1 fully saturated rings. The number of urea groups is 1. The first-order chi connectivity index (χ1) is 8.63. The third-order valence-electron chi connectivity index (χ3n) is 3.38. The summed E-state index contributed by atoms with van der Waals surface area (Å²) < 4.78 is 0. The van der Waals surface area contributed by atoms with E-state index in [0.717, 1.165) is 25.9 Å². The van der Waals surface area contributed by atoms with Gasteiger partial charge in [-0.1, -0.05) is 26.2 Å². The molecule has 0 radical (unpaired) electrons. The van der Waals surface area contributed by atoms with Crippen molar-refractivity contribution in [3.8, 4) is 0 Å². The first kappa shape index (κ1) is 14.8. The Kier molecular flexibility index (Phi) is 6.54. The summed E-state index contributed by atoms with van der Waals surface area (Å²) in [5, 5.41) is 11.6. The molecule has 1 saturated heterocycles. The van der Waals surface area contributed by atoms with Gasteiger partial charge in [0.25, 0.3) is 0 Å². The van der Waals surface area contributed by atoms with Crippen LogP contribution in [-0.2, 0) is 4.79 Å². The molecule has 18 heavy (non-hydrogen) atoms. The average molecular weight is 256 g/mol. The van der Waals surface area contributed by atoms with Gasteiger partial charge >= 0.3 is 12.0 Å². The zero-order valence-corrected chi connectivity index (χ0v) is 11.2. The van der Waals surface area contributed by atoms with E-state index >= 15 is 0 Å². The molecule has 5 heteroatoms. The minimum Gasteiger partial charge on any atom is -0.481 e. The van der Waals surface area contributed by atoms with Crippen molar-refractivity contribution in [2.24, 2.45) is 0 Å². The smallest absolute Gasteiger partial charge is 0.317 e. The van der Waals surface area contributed by atoms with Crippen LogP contribution in [0.4, 0.5) is 4.79 Å². The fourth-order valence-electron chi connectivity index (χ4n) is 2.22.